The van der Waals surface area contributed by atoms with E-state index in [2.05, 4.69) is 11.4 Å². The first-order valence-electron chi connectivity index (χ1n) is 6.35. The maximum absolute atomic E-state index is 12.1. The third-order valence-corrected chi connectivity index (χ3v) is 3.01. The first-order valence-corrected chi connectivity index (χ1v) is 6.35. The summed E-state index contributed by atoms with van der Waals surface area (Å²) in [5, 5.41) is 11.6. The number of nitrogens with two attached hydrogens (primary N) is 1. The highest BCUT2D eigenvalue weighted by Crippen LogP contribution is 2.19. The molecule has 21 heavy (non-hydrogen) atoms. The third kappa shape index (κ3) is 3.51. The third-order valence-electron chi connectivity index (χ3n) is 3.01. The van der Waals surface area contributed by atoms with Crippen LogP contribution in [0.1, 0.15) is 21.5 Å². The summed E-state index contributed by atoms with van der Waals surface area (Å²) in [6.07, 6.45) is 0. The number of nitriles is 1. The van der Waals surface area contributed by atoms with Crippen LogP contribution in [0, 0.1) is 11.3 Å². The summed E-state index contributed by atoms with van der Waals surface area (Å²) in [7, 11) is 1.53. The van der Waals surface area contributed by atoms with Gasteiger partial charge in [-0.25, -0.2) is 0 Å². The Hall–Kier alpha value is -3.00. The molecular weight excluding hydrogens is 266 g/mol. The van der Waals surface area contributed by atoms with Gasteiger partial charge in [-0.15, -0.1) is 0 Å². The molecule has 0 atom stereocenters. The van der Waals surface area contributed by atoms with Gasteiger partial charge in [-0.3, -0.25) is 4.79 Å². The lowest BCUT2D eigenvalue weighted by Crippen LogP contribution is -2.23. The van der Waals surface area contributed by atoms with E-state index >= 15 is 0 Å². The van der Waals surface area contributed by atoms with Crippen molar-refractivity contribution in [3.63, 3.8) is 0 Å². The number of hydrogen-bond acceptors (Lipinski definition) is 4. The second kappa shape index (κ2) is 6.44. The SMILES string of the molecule is COc1ccc(N)c(C(=O)NCc2cccc(C#N)c2)c1. The fraction of sp³-hybridized carbons (Fsp3) is 0.125. The summed E-state index contributed by atoms with van der Waals surface area (Å²) in [6.45, 7) is 0.324. The van der Waals surface area contributed by atoms with Crippen molar-refractivity contribution in [3.8, 4) is 11.8 Å². The smallest absolute Gasteiger partial charge is 0.253 e. The minimum atomic E-state index is -0.284. The van der Waals surface area contributed by atoms with Gasteiger partial charge in [-0.2, -0.15) is 5.26 Å². The van der Waals surface area contributed by atoms with Crippen molar-refractivity contribution in [2.45, 2.75) is 6.54 Å². The molecular formula is C16H15N3O2. The second-order valence-electron chi connectivity index (χ2n) is 4.45. The topological polar surface area (TPSA) is 88.1 Å². The van der Waals surface area contributed by atoms with Gasteiger partial charge in [0.2, 0.25) is 0 Å². The van der Waals surface area contributed by atoms with Crippen LogP contribution in [0.2, 0.25) is 0 Å². The maximum Gasteiger partial charge on any atom is 0.253 e. The lowest BCUT2D eigenvalue weighted by Gasteiger charge is -2.09. The number of methoxy groups -OCH3 is 1. The van der Waals surface area contributed by atoms with E-state index in [-0.39, 0.29) is 5.91 Å². The zero-order chi connectivity index (χ0) is 15.2. The van der Waals surface area contributed by atoms with Gasteiger partial charge in [0.25, 0.3) is 5.91 Å². The van der Waals surface area contributed by atoms with E-state index < -0.39 is 0 Å². The van der Waals surface area contributed by atoms with E-state index in [1.165, 1.54) is 7.11 Å². The summed E-state index contributed by atoms with van der Waals surface area (Å²) in [5.74, 6) is 0.287. The van der Waals surface area contributed by atoms with Crippen LogP contribution in [0.4, 0.5) is 5.69 Å². The Morgan fingerprint density at radius 1 is 1.33 bits per heavy atom. The van der Waals surface area contributed by atoms with Crippen LogP contribution in [0.5, 0.6) is 5.75 Å². The molecule has 0 bridgehead atoms. The van der Waals surface area contributed by atoms with Crippen LogP contribution in [-0.2, 0) is 6.54 Å². The lowest BCUT2D eigenvalue weighted by molar-refractivity contribution is 0.0951. The van der Waals surface area contributed by atoms with Crippen LogP contribution in [-0.4, -0.2) is 13.0 Å². The highest BCUT2D eigenvalue weighted by Gasteiger charge is 2.10. The zero-order valence-electron chi connectivity index (χ0n) is 11.6. The lowest BCUT2D eigenvalue weighted by atomic mass is 10.1. The predicted molar refractivity (Wildman–Crippen MR) is 79.7 cm³/mol. The number of anilines is 1. The van der Waals surface area contributed by atoms with Crippen LogP contribution in [0.15, 0.2) is 42.5 Å². The average molecular weight is 281 g/mol. The molecule has 0 aliphatic rings. The molecule has 5 nitrogen and oxygen atoms in total. The normalized spacial score (nSPS) is 9.71. The highest BCUT2D eigenvalue weighted by molar-refractivity contribution is 5.99. The fourth-order valence-corrected chi connectivity index (χ4v) is 1.89. The number of hydrogen-bond donors (Lipinski definition) is 2. The Balaban J connectivity index is 2.10. The molecule has 0 spiro atoms. The first kappa shape index (κ1) is 14.4. The van der Waals surface area contributed by atoms with Crippen molar-refractivity contribution in [1.29, 1.82) is 5.26 Å². The molecule has 3 N–H and O–H groups in total. The number of nitrogen functional groups attached to an aromatic ring is 1. The summed E-state index contributed by atoms with van der Waals surface area (Å²) >= 11 is 0. The zero-order valence-corrected chi connectivity index (χ0v) is 11.6. The Kier molecular flexibility index (Phi) is 4.42. The van der Waals surface area contributed by atoms with Crippen LogP contribution < -0.4 is 15.8 Å². The van der Waals surface area contributed by atoms with Crippen LogP contribution in [0.3, 0.4) is 0 Å². The largest absolute Gasteiger partial charge is 0.497 e. The summed E-state index contributed by atoms with van der Waals surface area (Å²) in [4.78, 5) is 12.1. The van der Waals surface area contributed by atoms with Gasteiger partial charge >= 0.3 is 0 Å². The molecule has 5 heteroatoms. The summed E-state index contributed by atoms with van der Waals surface area (Å²) in [6, 6.07) is 14.0. The van der Waals surface area contributed by atoms with Crippen molar-refractivity contribution < 1.29 is 9.53 Å². The van der Waals surface area contributed by atoms with Crippen molar-refractivity contribution in [3.05, 3.63) is 59.2 Å². The van der Waals surface area contributed by atoms with E-state index in [0.29, 0.717) is 29.1 Å². The maximum atomic E-state index is 12.1. The van der Waals surface area contributed by atoms with Crippen molar-refractivity contribution >= 4 is 11.6 Å². The Labute approximate surface area is 123 Å². The quantitative estimate of drug-likeness (QED) is 0.840. The van der Waals surface area contributed by atoms with Gasteiger partial charge < -0.3 is 15.8 Å². The molecule has 1 amide bonds. The molecule has 106 valence electrons. The van der Waals surface area contributed by atoms with E-state index in [1.807, 2.05) is 6.07 Å². The Morgan fingerprint density at radius 2 is 2.14 bits per heavy atom. The minimum absolute atomic E-state index is 0.284. The van der Waals surface area contributed by atoms with Crippen molar-refractivity contribution in [2.75, 3.05) is 12.8 Å². The van der Waals surface area contributed by atoms with Gasteiger partial charge in [0.15, 0.2) is 0 Å². The molecule has 0 heterocycles. The van der Waals surface area contributed by atoms with E-state index in [4.69, 9.17) is 15.7 Å². The molecule has 0 saturated carbocycles. The Bertz CT molecular complexity index is 705. The number of nitrogens with zero attached hydrogens (tertiary/aromatic N) is 1. The number of carbonyl (C=O) groups is 1. The number of amides is 1. The number of benzene rings is 2. The molecule has 0 aliphatic heterocycles. The molecule has 0 fully saturated rings. The average Bonchev–Trinajstić information content (AvgIpc) is 2.53. The van der Waals surface area contributed by atoms with E-state index in [1.54, 1.807) is 36.4 Å². The highest BCUT2D eigenvalue weighted by atomic mass is 16.5. The standard InChI is InChI=1S/C16H15N3O2/c1-21-13-5-6-15(18)14(8-13)16(20)19-10-12-4-2-3-11(7-12)9-17/h2-8H,10,18H2,1H3,(H,19,20). The fourth-order valence-electron chi connectivity index (χ4n) is 1.89. The van der Waals surface area contributed by atoms with Gasteiger partial charge in [0.1, 0.15) is 5.75 Å². The summed E-state index contributed by atoms with van der Waals surface area (Å²) < 4.78 is 5.08. The predicted octanol–water partition coefficient (Wildman–Crippen LogP) is 2.08. The molecule has 0 saturated heterocycles. The number of rotatable bonds is 4. The molecule has 0 aromatic heterocycles. The Morgan fingerprint density at radius 3 is 2.86 bits per heavy atom. The monoisotopic (exact) mass is 281 g/mol. The second-order valence-corrected chi connectivity index (χ2v) is 4.45. The van der Waals surface area contributed by atoms with E-state index in [0.717, 1.165) is 5.56 Å². The number of nitrogens with one attached hydrogen (secondary N) is 1. The molecule has 2 aromatic carbocycles. The van der Waals surface area contributed by atoms with Crippen molar-refractivity contribution in [1.82, 2.24) is 5.32 Å². The van der Waals surface area contributed by atoms with Gasteiger partial charge in [0, 0.05) is 12.2 Å². The molecule has 2 aromatic rings. The number of ether oxygens (including phenoxy) is 1. The molecule has 2 rings (SSSR count). The van der Waals surface area contributed by atoms with Gasteiger partial charge in [-0.1, -0.05) is 12.1 Å². The van der Waals surface area contributed by atoms with Gasteiger partial charge in [0.05, 0.1) is 24.3 Å². The molecule has 0 aliphatic carbocycles. The van der Waals surface area contributed by atoms with E-state index in [9.17, 15) is 4.79 Å². The minimum Gasteiger partial charge on any atom is -0.497 e. The molecule has 0 radical (unpaired) electrons. The first-order chi connectivity index (χ1) is 10.1. The van der Waals surface area contributed by atoms with Crippen LogP contribution in [0.25, 0.3) is 0 Å². The van der Waals surface area contributed by atoms with Gasteiger partial charge in [-0.05, 0) is 35.9 Å². The van der Waals surface area contributed by atoms with Crippen LogP contribution >= 0.6 is 0 Å². The molecule has 0 unspecified atom stereocenters. The van der Waals surface area contributed by atoms with Crippen molar-refractivity contribution in [2.24, 2.45) is 0 Å². The summed E-state index contributed by atoms with van der Waals surface area (Å²) in [5.41, 5.74) is 7.96. The number of carbonyl (C=O) groups excluding carboxylic acids is 1.